The Morgan fingerprint density at radius 2 is 2.02 bits per heavy atom. The van der Waals surface area contributed by atoms with E-state index in [4.69, 9.17) is 14.5 Å². The van der Waals surface area contributed by atoms with E-state index in [0.29, 0.717) is 47.6 Å². The number of aryl methyl sites for hydroxylation is 1. The van der Waals surface area contributed by atoms with Crippen LogP contribution in [-0.2, 0) is 16.0 Å². The molecule has 46 heavy (non-hydrogen) atoms. The molecule has 0 radical (unpaired) electrons. The predicted octanol–water partition coefficient (Wildman–Crippen LogP) is 6.75. The number of carboxylic acid groups (broad SMARTS) is 1. The van der Waals surface area contributed by atoms with Crippen molar-refractivity contribution in [3.05, 3.63) is 46.0 Å². The summed E-state index contributed by atoms with van der Waals surface area (Å²) in [5.74, 6) is -0.0622. The summed E-state index contributed by atoms with van der Waals surface area (Å²) in [6.07, 6.45) is 7.51. The molecule has 1 amide bonds. The van der Waals surface area contributed by atoms with E-state index in [-0.39, 0.29) is 28.3 Å². The van der Waals surface area contributed by atoms with Crippen molar-refractivity contribution < 1.29 is 28.6 Å². The molecule has 1 aliphatic heterocycles. The van der Waals surface area contributed by atoms with Crippen LogP contribution in [0.4, 0.5) is 4.39 Å². The van der Waals surface area contributed by atoms with Crippen molar-refractivity contribution >= 4 is 17.5 Å². The van der Waals surface area contributed by atoms with Crippen molar-refractivity contribution in [1.82, 2.24) is 19.9 Å². The average molecular weight is 633 g/mol. The molecule has 5 atom stereocenters. The smallest absolute Gasteiger partial charge is 0.337 e. The molecule has 3 saturated carbocycles. The Labute approximate surface area is 269 Å². The summed E-state index contributed by atoms with van der Waals surface area (Å²) in [4.78, 5) is 31.0. The number of nitrogens with zero attached hydrogens (tertiary/aromatic N) is 3. The molecule has 3 aliphatic carbocycles. The van der Waals surface area contributed by atoms with Gasteiger partial charge >= 0.3 is 5.97 Å². The minimum atomic E-state index is -1.42. The van der Waals surface area contributed by atoms with Crippen LogP contribution in [0.1, 0.15) is 112 Å². The Morgan fingerprint density at radius 3 is 2.74 bits per heavy atom. The molecule has 0 saturated heterocycles. The molecule has 3 aromatic rings. The van der Waals surface area contributed by atoms with Gasteiger partial charge < -0.3 is 19.9 Å². The Hall–Kier alpha value is -3.53. The van der Waals surface area contributed by atoms with E-state index in [1.807, 2.05) is 6.92 Å². The minimum absolute atomic E-state index is 0.169. The highest BCUT2D eigenvalue weighted by atomic mass is 19.1. The Bertz CT molecular complexity index is 1760. The van der Waals surface area contributed by atoms with E-state index in [1.54, 1.807) is 33.8 Å². The molecule has 2 bridgehead atoms. The van der Waals surface area contributed by atoms with Gasteiger partial charge in [0, 0.05) is 35.0 Å². The number of carboxylic acids is 1. The number of hydrogen-bond acceptors (Lipinski definition) is 6. The number of carbonyl (C=O) groups excluding carboxylic acids is 1. The van der Waals surface area contributed by atoms with Gasteiger partial charge in [0.15, 0.2) is 29.0 Å². The van der Waals surface area contributed by atoms with Crippen LogP contribution in [-0.4, -0.2) is 50.3 Å². The molecule has 9 nitrogen and oxygen atoms in total. The molecule has 7 rings (SSSR count). The van der Waals surface area contributed by atoms with Gasteiger partial charge in [0.2, 0.25) is 0 Å². The predicted molar refractivity (Wildman–Crippen MR) is 170 cm³/mol. The normalized spacial score (nSPS) is 27.1. The molecule has 1 spiro atoms. The first-order chi connectivity index (χ1) is 21.7. The maximum absolute atomic E-state index is 15.6. The van der Waals surface area contributed by atoms with Crippen molar-refractivity contribution in [2.45, 2.75) is 105 Å². The number of hydrogen-bond donors (Lipinski definition) is 2. The third-order valence-corrected chi connectivity index (χ3v) is 11.0. The van der Waals surface area contributed by atoms with Crippen molar-refractivity contribution in [2.75, 3.05) is 13.2 Å². The Kier molecular flexibility index (Phi) is 7.27. The number of aromatic nitrogens is 3. The molecule has 3 heterocycles. The SMILES string of the molecule is Cc1nc2cc(C(=O)NCCC3(C)CC4CC5CC5(C4)C3)nn2c(-c2cc(F)c3c(c2C)CCCO3)c1C(OC(C)(C)C)C(=O)O. The zero-order chi connectivity index (χ0) is 32.8. The lowest BCUT2D eigenvalue weighted by atomic mass is 9.66. The number of amides is 1. The minimum Gasteiger partial charge on any atom is -0.490 e. The monoisotopic (exact) mass is 632 g/mol. The van der Waals surface area contributed by atoms with Gasteiger partial charge in [-0.25, -0.2) is 18.7 Å². The maximum atomic E-state index is 15.6. The van der Waals surface area contributed by atoms with Crippen LogP contribution in [0, 0.1) is 42.3 Å². The lowest BCUT2D eigenvalue weighted by molar-refractivity contribution is -0.160. The van der Waals surface area contributed by atoms with Crippen LogP contribution in [0.15, 0.2) is 12.1 Å². The van der Waals surface area contributed by atoms with Crippen LogP contribution in [0.2, 0.25) is 0 Å². The maximum Gasteiger partial charge on any atom is 0.337 e. The number of nitrogens with one attached hydrogen (secondary N) is 1. The van der Waals surface area contributed by atoms with Gasteiger partial charge in [-0.2, -0.15) is 5.10 Å². The number of halogens is 1. The largest absolute Gasteiger partial charge is 0.490 e. The fraction of sp³-hybridized carbons (Fsp3) is 0.611. The summed E-state index contributed by atoms with van der Waals surface area (Å²) in [5, 5.41) is 18.2. The number of ether oxygens (including phenoxy) is 2. The van der Waals surface area contributed by atoms with Gasteiger partial charge in [0.1, 0.15) is 0 Å². The first-order valence-electron chi connectivity index (χ1n) is 16.7. The van der Waals surface area contributed by atoms with Crippen LogP contribution in [0.3, 0.4) is 0 Å². The van der Waals surface area contributed by atoms with E-state index >= 15 is 4.39 Å². The molecule has 2 aromatic heterocycles. The summed E-state index contributed by atoms with van der Waals surface area (Å²) in [6.45, 7) is 12.3. The number of aliphatic carboxylic acids is 1. The van der Waals surface area contributed by atoms with E-state index in [9.17, 15) is 14.7 Å². The van der Waals surface area contributed by atoms with Crippen LogP contribution in [0.5, 0.6) is 5.75 Å². The molecule has 2 N–H and O–H groups in total. The topological polar surface area (TPSA) is 115 Å². The highest BCUT2D eigenvalue weighted by molar-refractivity contribution is 5.93. The van der Waals surface area contributed by atoms with Crippen molar-refractivity contribution in [3.63, 3.8) is 0 Å². The molecule has 4 aliphatic rings. The Morgan fingerprint density at radius 1 is 1.24 bits per heavy atom. The Balaban J connectivity index is 1.27. The second-order valence-corrected chi connectivity index (χ2v) is 15.8. The quantitative estimate of drug-likeness (QED) is 0.282. The summed E-state index contributed by atoms with van der Waals surface area (Å²) >= 11 is 0. The fourth-order valence-corrected chi connectivity index (χ4v) is 9.20. The van der Waals surface area contributed by atoms with Gasteiger partial charge in [-0.05, 0) is 120 Å². The molecule has 246 valence electrons. The summed E-state index contributed by atoms with van der Waals surface area (Å²) in [5.41, 5.74) is 3.50. The highest BCUT2D eigenvalue weighted by Gasteiger charge is 2.64. The van der Waals surface area contributed by atoms with E-state index in [2.05, 4.69) is 17.3 Å². The first-order valence-corrected chi connectivity index (χ1v) is 16.7. The third kappa shape index (κ3) is 5.36. The molecule has 10 heteroatoms. The molecular formula is C36H45FN4O5. The first kappa shape index (κ1) is 31.1. The zero-order valence-corrected chi connectivity index (χ0v) is 27.8. The fourth-order valence-electron chi connectivity index (χ4n) is 9.20. The van der Waals surface area contributed by atoms with Gasteiger partial charge in [0.05, 0.1) is 17.9 Å². The van der Waals surface area contributed by atoms with E-state index in [1.165, 1.54) is 42.7 Å². The van der Waals surface area contributed by atoms with Crippen LogP contribution < -0.4 is 10.1 Å². The summed E-state index contributed by atoms with van der Waals surface area (Å²) in [7, 11) is 0. The van der Waals surface area contributed by atoms with Gasteiger partial charge in [-0.3, -0.25) is 4.79 Å². The lowest BCUT2D eigenvalue weighted by Crippen LogP contribution is -2.34. The second kappa shape index (κ2) is 10.8. The second-order valence-electron chi connectivity index (χ2n) is 15.8. The average Bonchev–Trinajstić information content (AvgIpc) is 3.28. The number of benzene rings is 1. The van der Waals surface area contributed by atoms with Crippen LogP contribution >= 0.6 is 0 Å². The van der Waals surface area contributed by atoms with Crippen molar-refractivity contribution in [1.29, 1.82) is 0 Å². The standard InChI is InChI=1S/C36H45FN4O5/c1-19-23-8-7-11-45-30(23)25(37)13-24(19)29-28(31(33(43)44)46-34(3,4)5)20(2)39-27-14-26(40-41(27)29)32(42)38-10-9-35(6)15-21-12-22-17-36(22,16-21)18-35/h13-14,21-22,31H,7-12,15-18H2,1-6H3,(H,38,42)(H,43,44). The van der Waals surface area contributed by atoms with E-state index in [0.717, 1.165) is 35.8 Å². The van der Waals surface area contributed by atoms with E-state index < -0.39 is 23.5 Å². The molecule has 5 unspecified atom stereocenters. The number of carbonyl (C=O) groups is 2. The summed E-state index contributed by atoms with van der Waals surface area (Å²) in [6, 6.07) is 2.98. The third-order valence-electron chi connectivity index (χ3n) is 11.0. The zero-order valence-electron chi connectivity index (χ0n) is 27.8. The molecular weight excluding hydrogens is 587 g/mol. The number of rotatable bonds is 8. The van der Waals surface area contributed by atoms with Gasteiger partial charge in [-0.1, -0.05) is 6.92 Å². The molecule has 3 fully saturated rings. The van der Waals surface area contributed by atoms with Gasteiger partial charge in [0.25, 0.3) is 5.91 Å². The van der Waals surface area contributed by atoms with Gasteiger partial charge in [-0.15, -0.1) is 0 Å². The summed E-state index contributed by atoms with van der Waals surface area (Å²) < 4.78 is 28.9. The lowest BCUT2D eigenvalue weighted by Gasteiger charge is -2.40. The van der Waals surface area contributed by atoms with Crippen LogP contribution in [0.25, 0.3) is 16.9 Å². The van der Waals surface area contributed by atoms with Crippen molar-refractivity contribution in [2.24, 2.45) is 22.7 Å². The molecule has 1 aromatic carbocycles. The number of fused-ring (bicyclic) bond motifs is 3. The van der Waals surface area contributed by atoms with Crippen molar-refractivity contribution in [3.8, 4) is 17.0 Å². The highest BCUT2D eigenvalue weighted by Crippen LogP contribution is 2.74.